The molecule has 0 saturated carbocycles. The van der Waals surface area contributed by atoms with E-state index in [-0.39, 0.29) is 23.1 Å². The van der Waals surface area contributed by atoms with E-state index in [4.69, 9.17) is 0 Å². The van der Waals surface area contributed by atoms with Gasteiger partial charge in [-0.3, -0.25) is 14.4 Å². The summed E-state index contributed by atoms with van der Waals surface area (Å²) in [7, 11) is -3.68. The Morgan fingerprint density at radius 3 is 2.31 bits per heavy atom. The summed E-state index contributed by atoms with van der Waals surface area (Å²) in [5.41, 5.74) is 0.481. The lowest BCUT2D eigenvalue weighted by molar-refractivity contribution is -0.115. The van der Waals surface area contributed by atoms with Gasteiger partial charge in [-0.25, -0.2) is 8.42 Å². The summed E-state index contributed by atoms with van der Waals surface area (Å²) in [5.74, 6) is -0.470. The monoisotopic (exact) mass is 417 g/mol. The molecule has 1 N–H and O–H groups in total. The molecular weight excluding hydrogens is 394 g/mol. The van der Waals surface area contributed by atoms with Crippen molar-refractivity contribution in [2.45, 2.75) is 37.6 Å². The molecule has 0 aliphatic carbocycles. The third kappa shape index (κ3) is 4.80. The number of ketones is 1. The van der Waals surface area contributed by atoms with Crippen LogP contribution in [0.2, 0.25) is 0 Å². The van der Waals surface area contributed by atoms with Crippen LogP contribution in [0.1, 0.15) is 36.5 Å². The van der Waals surface area contributed by atoms with Gasteiger partial charge in [-0.05, 0) is 43.2 Å². The fourth-order valence-electron chi connectivity index (χ4n) is 3.10. The first-order chi connectivity index (χ1) is 13.8. The number of hydrogen-bond donors (Lipinski definition) is 1. The van der Waals surface area contributed by atoms with Gasteiger partial charge in [0.25, 0.3) is 5.56 Å². The number of carbonyl (C=O) groups excluding carboxylic acids is 2. The van der Waals surface area contributed by atoms with Gasteiger partial charge in [0.2, 0.25) is 15.9 Å². The molecule has 2 aromatic rings. The highest BCUT2D eigenvalue weighted by atomic mass is 32.2. The van der Waals surface area contributed by atoms with E-state index in [1.54, 1.807) is 31.2 Å². The van der Waals surface area contributed by atoms with E-state index < -0.39 is 15.6 Å². The van der Waals surface area contributed by atoms with Crippen LogP contribution in [0.25, 0.3) is 0 Å². The molecule has 29 heavy (non-hydrogen) atoms. The molecule has 1 aliphatic rings. The lowest BCUT2D eigenvalue weighted by Gasteiger charge is -2.16. The normalized spacial score (nSPS) is 14.7. The zero-order chi connectivity index (χ0) is 21.0. The standard InChI is InChI=1S/C20H23N3O5S/c1-2-19(25)21-16-7-5-15(6-8-16)18(24)14-22-13-17(9-10-20(22)26)29(27,28)23-11-3-4-12-23/h5-10,13H,2-4,11-12,14H2,1H3,(H,21,25). The van der Waals surface area contributed by atoms with Crippen LogP contribution in [0.4, 0.5) is 5.69 Å². The van der Waals surface area contributed by atoms with E-state index in [9.17, 15) is 22.8 Å². The smallest absolute Gasteiger partial charge is 0.251 e. The van der Waals surface area contributed by atoms with Gasteiger partial charge in [0.05, 0.1) is 11.4 Å². The SMILES string of the molecule is CCC(=O)Nc1ccc(C(=O)Cn2cc(S(=O)(=O)N3CCCC3)ccc2=O)cc1. The van der Waals surface area contributed by atoms with Crippen LogP contribution < -0.4 is 10.9 Å². The fourth-order valence-corrected chi connectivity index (χ4v) is 4.64. The lowest BCUT2D eigenvalue weighted by Crippen LogP contribution is -2.30. The molecule has 1 aromatic carbocycles. The number of nitrogens with one attached hydrogen (secondary N) is 1. The molecule has 0 radical (unpaired) electrons. The maximum atomic E-state index is 12.7. The molecule has 154 valence electrons. The van der Waals surface area contributed by atoms with Gasteiger partial charge in [-0.2, -0.15) is 4.31 Å². The van der Waals surface area contributed by atoms with Crippen LogP contribution in [0, 0.1) is 0 Å². The van der Waals surface area contributed by atoms with Crippen LogP contribution in [0.3, 0.4) is 0 Å². The van der Waals surface area contributed by atoms with Crippen LogP contribution >= 0.6 is 0 Å². The largest absolute Gasteiger partial charge is 0.326 e. The number of pyridine rings is 1. The third-order valence-electron chi connectivity index (χ3n) is 4.78. The second kappa shape index (κ2) is 8.71. The summed E-state index contributed by atoms with van der Waals surface area (Å²) >= 11 is 0. The quantitative estimate of drug-likeness (QED) is 0.693. The van der Waals surface area contributed by atoms with E-state index in [0.29, 0.717) is 30.8 Å². The second-order valence-electron chi connectivity index (χ2n) is 6.84. The zero-order valence-corrected chi connectivity index (χ0v) is 16.9. The Balaban J connectivity index is 1.78. The minimum absolute atomic E-state index is 0.00410. The molecule has 3 rings (SSSR count). The highest BCUT2D eigenvalue weighted by molar-refractivity contribution is 7.89. The van der Waals surface area contributed by atoms with E-state index in [2.05, 4.69) is 5.32 Å². The maximum absolute atomic E-state index is 12.7. The Bertz CT molecular complexity index is 1070. The fraction of sp³-hybridized carbons (Fsp3) is 0.350. The van der Waals surface area contributed by atoms with Crippen molar-refractivity contribution in [1.82, 2.24) is 8.87 Å². The van der Waals surface area contributed by atoms with Crippen molar-refractivity contribution in [2.75, 3.05) is 18.4 Å². The molecule has 0 atom stereocenters. The molecule has 1 aromatic heterocycles. The number of nitrogens with zero attached hydrogens (tertiary/aromatic N) is 2. The van der Waals surface area contributed by atoms with Crippen molar-refractivity contribution in [3.05, 3.63) is 58.5 Å². The number of sulfonamides is 1. The Morgan fingerprint density at radius 1 is 1.03 bits per heavy atom. The van der Waals surface area contributed by atoms with Crippen molar-refractivity contribution in [3.63, 3.8) is 0 Å². The van der Waals surface area contributed by atoms with E-state index in [0.717, 1.165) is 17.4 Å². The summed E-state index contributed by atoms with van der Waals surface area (Å²) in [6.07, 6.45) is 3.20. The molecule has 0 bridgehead atoms. The topological polar surface area (TPSA) is 106 Å². The van der Waals surface area contributed by atoms with E-state index in [1.165, 1.54) is 22.6 Å². The summed E-state index contributed by atoms with van der Waals surface area (Å²) in [6.45, 7) is 2.38. The average molecular weight is 417 g/mol. The first-order valence-corrected chi connectivity index (χ1v) is 10.9. The van der Waals surface area contributed by atoms with Gasteiger partial charge in [-0.1, -0.05) is 6.92 Å². The summed E-state index contributed by atoms with van der Waals surface area (Å²) < 4.78 is 27.9. The number of anilines is 1. The predicted molar refractivity (Wildman–Crippen MR) is 108 cm³/mol. The molecule has 1 fully saturated rings. The van der Waals surface area contributed by atoms with Gasteiger partial charge < -0.3 is 9.88 Å². The summed E-state index contributed by atoms with van der Waals surface area (Å²) in [5, 5.41) is 2.69. The van der Waals surface area contributed by atoms with Crippen molar-refractivity contribution < 1.29 is 18.0 Å². The summed E-state index contributed by atoms with van der Waals surface area (Å²) in [6, 6.07) is 8.78. The average Bonchev–Trinajstić information content (AvgIpc) is 3.25. The highest BCUT2D eigenvalue weighted by Gasteiger charge is 2.27. The van der Waals surface area contributed by atoms with Crippen molar-refractivity contribution in [2.24, 2.45) is 0 Å². The minimum Gasteiger partial charge on any atom is -0.326 e. The summed E-state index contributed by atoms with van der Waals surface area (Å²) in [4.78, 5) is 36.1. The molecule has 2 heterocycles. The van der Waals surface area contributed by atoms with Gasteiger partial charge in [-0.15, -0.1) is 0 Å². The van der Waals surface area contributed by atoms with Crippen LogP contribution in [0.15, 0.2) is 52.3 Å². The van der Waals surface area contributed by atoms with Crippen molar-refractivity contribution >= 4 is 27.4 Å². The van der Waals surface area contributed by atoms with Crippen LogP contribution in [-0.2, 0) is 21.4 Å². The van der Waals surface area contributed by atoms with E-state index in [1.807, 2.05) is 0 Å². The van der Waals surface area contributed by atoms with Gasteiger partial charge in [0, 0.05) is 43.0 Å². The zero-order valence-electron chi connectivity index (χ0n) is 16.1. The van der Waals surface area contributed by atoms with Crippen molar-refractivity contribution in [3.8, 4) is 0 Å². The lowest BCUT2D eigenvalue weighted by atomic mass is 10.1. The maximum Gasteiger partial charge on any atom is 0.251 e. The van der Waals surface area contributed by atoms with Crippen LogP contribution in [-0.4, -0.2) is 42.1 Å². The number of carbonyl (C=O) groups is 2. The second-order valence-corrected chi connectivity index (χ2v) is 8.78. The minimum atomic E-state index is -3.68. The Kier molecular flexibility index (Phi) is 6.29. The number of aromatic nitrogens is 1. The van der Waals surface area contributed by atoms with Crippen LogP contribution in [0.5, 0.6) is 0 Å². The molecule has 9 heteroatoms. The van der Waals surface area contributed by atoms with Gasteiger partial charge in [0.1, 0.15) is 0 Å². The molecular formula is C20H23N3O5S. The first kappa shape index (κ1) is 20.9. The van der Waals surface area contributed by atoms with Crippen molar-refractivity contribution in [1.29, 1.82) is 0 Å². The molecule has 1 saturated heterocycles. The molecule has 1 amide bonds. The van der Waals surface area contributed by atoms with Gasteiger partial charge >= 0.3 is 0 Å². The molecule has 8 nitrogen and oxygen atoms in total. The van der Waals surface area contributed by atoms with E-state index >= 15 is 0 Å². The Morgan fingerprint density at radius 2 is 1.69 bits per heavy atom. The molecule has 1 aliphatic heterocycles. The third-order valence-corrected chi connectivity index (χ3v) is 6.67. The van der Waals surface area contributed by atoms with Gasteiger partial charge in [0.15, 0.2) is 5.78 Å². The molecule has 0 unspecified atom stereocenters. The first-order valence-electron chi connectivity index (χ1n) is 9.45. The predicted octanol–water partition coefficient (Wildman–Crippen LogP) is 1.86. The Labute approximate surface area is 169 Å². The Hall–Kier alpha value is -2.78. The number of hydrogen-bond acceptors (Lipinski definition) is 5. The number of Topliss-reactive ketones (excluding diaryl/α,β-unsaturated/α-hetero) is 1. The number of rotatable bonds is 7. The number of amides is 1. The molecule has 0 spiro atoms. The highest BCUT2D eigenvalue weighted by Crippen LogP contribution is 2.20. The number of benzene rings is 1.